The molecule has 0 aromatic heterocycles. The molecule has 1 N–H and O–H groups in total. The summed E-state index contributed by atoms with van der Waals surface area (Å²) in [4.78, 5) is 27.6. The van der Waals surface area contributed by atoms with Gasteiger partial charge in [-0.05, 0) is 47.4 Å². The second-order valence-corrected chi connectivity index (χ2v) is 8.21. The van der Waals surface area contributed by atoms with E-state index < -0.39 is 17.7 Å². The third-order valence-corrected chi connectivity index (χ3v) is 5.92. The number of carbonyl (C=O) groups excluding carboxylic acids is 2. The van der Waals surface area contributed by atoms with Gasteiger partial charge in [0.15, 0.2) is 11.5 Å². The van der Waals surface area contributed by atoms with E-state index in [4.69, 9.17) is 18.9 Å². The quantitative estimate of drug-likeness (QED) is 0.338. The molecule has 2 aromatic rings. The van der Waals surface area contributed by atoms with Crippen LogP contribution in [-0.2, 0) is 14.3 Å². The molecule has 1 amide bonds. The van der Waals surface area contributed by atoms with Gasteiger partial charge in [0.25, 0.3) is 11.7 Å². The molecule has 2 aromatic carbocycles. The van der Waals surface area contributed by atoms with E-state index >= 15 is 0 Å². The van der Waals surface area contributed by atoms with Crippen LogP contribution in [0.5, 0.6) is 17.2 Å². The Balaban J connectivity index is 2.22. The SMILES string of the molecule is COCCN1C(=O)C(=O)/C(=C(/O)c2ccc(OC)c(C(C)C)c2)C1c1ccc(OC)c(OC)c1. The number of nitrogens with zero attached hydrogens (tertiary/aromatic N) is 1. The van der Waals surface area contributed by atoms with Gasteiger partial charge in [0.1, 0.15) is 11.5 Å². The molecule has 1 aliphatic heterocycles. The Hall–Kier alpha value is -3.52. The number of hydrogen-bond acceptors (Lipinski definition) is 7. The van der Waals surface area contributed by atoms with E-state index in [1.165, 1.54) is 26.2 Å². The first-order chi connectivity index (χ1) is 16.3. The third-order valence-electron chi connectivity index (χ3n) is 5.92. The zero-order valence-corrected chi connectivity index (χ0v) is 20.4. The Morgan fingerprint density at radius 1 is 0.941 bits per heavy atom. The Bertz CT molecular complexity index is 1110. The number of ether oxygens (including phenoxy) is 4. The topological polar surface area (TPSA) is 94.5 Å². The van der Waals surface area contributed by atoms with Gasteiger partial charge in [-0.2, -0.15) is 0 Å². The third kappa shape index (κ3) is 4.59. The minimum absolute atomic E-state index is 0.00759. The maximum absolute atomic E-state index is 13.2. The molecule has 0 radical (unpaired) electrons. The summed E-state index contributed by atoms with van der Waals surface area (Å²) in [6.07, 6.45) is 0. The van der Waals surface area contributed by atoms with Gasteiger partial charge in [0, 0.05) is 19.2 Å². The highest BCUT2D eigenvalue weighted by Gasteiger charge is 2.46. The Kier molecular flexibility index (Phi) is 7.83. The monoisotopic (exact) mass is 469 g/mol. The summed E-state index contributed by atoms with van der Waals surface area (Å²) >= 11 is 0. The highest BCUT2D eigenvalue weighted by atomic mass is 16.5. The maximum Gasteiger partial charge on any atom is 0.295 e. The molecule has 0 bridgehead atoms. The lowest BCUT2D eigenvalue weighted by Gasteiger charge is -2.25. The fourth-order valence-corrected chi connectivity index (χ4v) is 4.16. The number of ketones is 1. The van der Waals surface area contributed by atoms with Crippen LogP contribution in [0.25, 0.3) is 5.76 Å². The first-order valence-electron chi connectivity index (χ1n) is 11.0. The van der Waals surface area contributed by atoms with Crippen LogP contribution in [0.15, 0.2) is 42.0 Å². The zero-order valence-electron chi connectivity index (χ0n) is 20.4. The molecule has 0 aliphatic carbocycles. The first-order valence-corrected chi connectivity index (χ1v) is 11.0. The standard InChI is InChI=1S/C26H31NO7/c1-15(2)18-13-17(8-9-19(18)32-4)24(28)22-23(27(11-12-31-3)26(30)25(22)29)16-7-10-20(33-5)21(14-16)34-6/h7-10,13-15,23,28H,11-12H2,1-6H3/b24-22+. The highest BCUT2D eigenvalue weighted by molar-refractivity contribution is 6.46. The molecule has 182 valence electrons. The van der Waals surface area contributed by atoms with E-state index in [9.17, 15) is 14.7 Å². The lowest BCUT2D eigenvalue weighted by Crippen LogP contribution is -2.32. The van der Waals surface area contributed by atoms with Crippen molar-refractivity contribution in [2.45, 2.75) is 25.8 Å². The number of methoxy groups -OCH3 is 4. The van der Waals surface area contributed by atoms with Crippen LogP contribution in [0.4, 0.5) is 0 Å². The van der Waals surface area contributed by atoms with Crippen molar-refractivity contribution in [3.8, 4) is 17.2 Å². The smallest absolute Gasteiger partial charge is 0.295 e. The van der Waals surface area contributed by atoms with Crippen molar-refractivity contribution in [3.05, 3.63) is 58.7 Å². The fraction of sp³-hybridized carbons (Fsp3) is 0.385. The maximum atomic E-state index is 13.2. The van der Waals surface area contributed by atoms with E-state index in [1.807, 2.05) is 13.8 Å². The zero-order chi connectivity index (χ0) is 25.0. The normalized spacial score (nSPS) is 17.4. The van der Waals surface area contributed by atoms with Gasteiger partial charge < -0.3 is 29.0 Å². The Morgan fingerprint density at radius 2 is 1.59 bits per heavy atom. The summed E-state index contributed by atoms with van der Waals surface area (Å²) in [5.41, 5.74) is 1.92. The lowest BCUT2D eigenvalue weighted by molar-refractivity contribution is -0.140. The Morgan fingerprint density at radius 3 is 2.18 bits per heavy atom. The van der Waals surface area contributed by atoms with Crippen LogP contribution in [-0.4, -0.2) is 63.3 Å². The second kappa shape index (κ2) is 10.6. The number of hydrogen-bond donors (Lipinski definition) is 1. The molecule has 1 fully saturated rings. The van der Waals surface area contributed by atoms with Crippen molar-refractivity contribution in [2.75, 3.05) is 41.6 Å². The van der Waals surface area contributed by atoms with Crippen LogP contribution in [0, 0.1) is 0 Å². The molecule has 8 nitrogen and oxygen atoms in total. The van der Waals surface area contributed by atoms with E-state index in [-0.39, 0.29) is 30.4 Å². The van der Waals surface area contributed by atoms with Crippen LogP contribution in [0.1, 0.15) is 42.5 Å². The minimum atomic E-state index is -0.820. The van der Waals surface area contributed by atoms with Gasteiger partial charge in [-0.1, -0.05) is 19.9 Å². The molecular weight excluding hydrogens is 438 g/mol. The lowest BCUT2D eigenvalue weighted by atomic mass is 9.93. The summed E-state index contributed by atoms with van der Waals surface area (Å²) in [6.45, 7) is 4.43. The van der Waals surface area contributed by atoms with Crippen LogP contribution < -0.4 is 14.2 Å². The van der Waals surface area contributed by atoms with Gasteiger partial charge in [0.2, 0.25) is 0 Å². The van der Waals surface area contributed by atoms with Crippen LogP contribution >= 0.6 is 0 Å². The van der Waals surface area contributed by atoms with Gasteiger partial charge in [-0.25, -0.2) is 0 Å². The average Bonchev–Trinajstić information content (AvgIpc) is 3.10. The number of likely N-dealkylation sites (tertiary alicyclic amines) is 1. The summed E-state index contributed by atoms with van der Waals surface area (Å²) in [6, 6.07) is 9.54. The molecular formula is C26H31NO7. The summed E-state index contributed by atoms with van der Waals surface area (Å²) in [5.74, 6) is 0.0616. The molecule has 0 spiro atoms. The molecule has 1 unspecified atom stereocenters. The van der Waals surface area contributed by atoms with Crippen molar-refractivity contribution >= 4 is 17.4 Å². The van der Waals surface area contributed by atoms with Gasteiger partial charge in [-0.3, -0.25) is 9.59 Å². The molecule has 1 saturated heterocycles. The number of Topliss-reactive ketones (excluding diaryl/α,β-unsaturated/α-hetero) is 1. The molecule has 0 saturated carbocycles. The average molecular weight is 470 g/mol. The number of carbonyl (C=O) groups is 2. The molecule has 1 atom stereocenters. The minimum Gasteiger partial charge on any atom is -0.507 e. The molecule has 1 heterocycles. The van der Waals surface area contributed by atoms with Crippen molar-refractivity contribution in [2.24, 2.45) is 0 Å². The van der Waals surface area contributed by atoms with Crippen LogP contribution in [0.3, 0.4) is 0 Å². The number of benzene rings is 2. The highest BCUT2D eigenvalue weighted by Crippen LogP contribution is 2.42. The molecule has 34 heavy (non-hydrogen) atoms. The van der Waals surface area contributed by atoms with Crippen molar-refractivity contribution in [1.82, 2.24) is 4.90 Å². The predicted octanol–water partition coefficient (Wildman–Crippen LogP) is 3.90. The van der Waals surface area contributed by atoms with E-state index in [0.717, 1.165) is 5.56 Å². The predicted molar refractivity (Wildman–Crippen MR) is 128 cm³/mol. The van der Waals surface area contributed by atoms with Crippen molar-refractivity contribution in [3.63, 3.8) is 0 Å². The molecule has 3 rings (SSSR count). The summed E-state index contributed by atoms with van der Waals surface area (Å²) in [7, 11) is 6.14. The number of amides is 1. The van der Waals surface area contributed by atoms with Gasteiger partial charge >= 0.3 is 0 Å². The van der Waals surface area contributed by atoms with Crippen LogP contribution in [0.2, 0.25) is 0 Å². The molecule has 1 aliphatic rings. The summed E-state index contributed by atoms with van der Waals surface area (Å²) < 4.78 is 21.3. The summed E-state index contributed by atoms with van der Waals surface area (Å²) in [5, 5.41) is 11.3. The molecule has 8 heteroatoms. The number of rotatable bonds is 9. The first kappa shape index (κ1) is 25.1. The fourth-order valence-electron chi connectivity index (χ4n) is 4.16. The largest absolute Gasteiger partial charge is 0.507 e. The van der Waals surface area contributed by atoms with E-state index in [1.54, 1.807) is 43.5 Å². The number of aliphatic hydroxyl groups is 1. The van der Waals surface area contributed by atoms with Gasteiger partial charge in [0.05, 0.1) is 39.6 Å². The number of aliphatic hydroxyl groups excluding tert-OH is 1. The van der Waals surface area contributed by atoms with E-state index in [0.29, 0.717) is 28.4 Å². The van der Waals surface area contributed by atoms with E-state index in [2.05, 4.69) is 0 Å². The van der Waals surface area contributed by atoms with Crippen molar-refractivity contribution < 1.29 is 33.6 Å². The Labute approximate surface area is 199 Å². The second-order valence-electron chi connectivity index (χ2n) is 8.21. The van der Waals surface area contributed by atoms with Gasteiger partial charge in [-0.15, -0.1) is 0 Å². The van der Waals surface area contributed by atoms with Crippen molar-refractivity contribution in [1.29, 1.82) is 0 Å².